The molecule has 0 bridgehead atoms. The number of benzene rings is 2. The molecular weight excluding hydrogens is 346 g/mol. The fourth-order valence-corrected chi connectivity index (χ4v) is 2.73. The van der Waals surface area contributed by atoms with Crippen LogP contribution >= 0.6 is 0 Å². The maximum absolute atomic E-state index is 10.9. The molecule has 0 spiro atoms. The molecule has 0 aliphatic carbocycles. The smallest absolute Gasteiger partial charge is 0.335 e. The molecule has 2 aromatic carbocycles. The van der Waals surface area contributed by atoms with Crippen LogP contribution in [-0.4, -0.2) is 43.2 Å². The fraction of sp³-hybridized carbons (Fsp3) is 0.238. The number of carboxylic acids is 1. The first-order valence-corrected chi connectivity index (χ1v) is 8.49. The summed E-state index contributed by atoms with van der Waals surface area (Å²) in [5.74, 6) is -0.405. The summed E-state index contributed by atoms with van der Waals surface area (Å²) in [6, 6.07) is 16.7. The Bertz CT molecular complexity index is 920. The molecule has 0 radical (unpaired) electrons. The van der Waals surface area contributed by atoms with Gasteiger partial charge >= 0.3 is 5.97 Å². The molecule has 3 aromatic rings. The number of fused-ring (bicyclic) bond motifs is 1. The van der Waals surface area contributed by atoms with E-state index in [-0.39, 0.29) is 12.2 Å². The highest BCUT2D eigenvalue weighted by atomic mass is 16.7. The van der Waals surface area contributed by atoms with Crippen molar-refractivity contribution in [2.24, 2.45) is 0 Å². The molecule has 0 aliphatic rings. The fourth-order valence-electron chi connectivity index (χ4n) is 2.73. The van der Waals surface area contributed by atoms with E-state index < -0.39 is 12.3 Å². The van der Waals surface area contributed by atoms with Crippen molar-refractivity contribution in [3.05, 3.63) is 71.3 Å². The Balaban J connectivity index is 1.71. The molecule has 140 valence electrons. The van der Waals surface area contributed by atoms with Crippen LogP contribution in [0.5, 0.6) is 5.88 Å². The van der Waals surface area contributed by atoms with Gasteiger partial charge in [-0.05, 0) is 47.9 Å². The van der Waals surface area contributed by atoms with Crippen molar-refractivity contribution in [1.29, 1.82) is 0 Å². The third-order valence-corrected chi connectivity index (χ3v) is 4.23. The largest absolute Gasteiger partial charge is 0.478 e. The van der Waals surface area contributed by atoms with Gasteiger partial charge in [-0.3, -0.25) is 0 Å². The molecule has 6 heteroatoms. The van der Waals surface area contributed by atoms with Gasteiger partial charge in [-0.2, -0.15) is 0 Å². The second-order valence-electron chi connectivity index (χ2n) is 6.07. The van der Waals surface area contributed by atoms with E-state index in [0.717, 1.165) is 28.5 Å². The Morgan fingerprint density at radius 1 is 1.00 bits per heavy atom. The van der Waals surface area contributed by atoms with Crippen molar-refractivity contribution >= 4 is 16.9 Å². The molecule has 0 amide bonds. The average molecular weight is 367 g/mol. The van der Waals surface area contributed by atoms with Crippen LogP contribution in [0.2, 0.25) is 0 Å². The van der Waals surface area contributed by atoms with Crippen molar-refractivity contribution in [3.8, 4) is 5.88 Å². The number of aromatic nitrogens is 1. The van der Waals surface area contributed by atoms with Crippen LogP contribution in [0, 0.1) is 0 Å². The first-order chi connectivity index (χ1) is 13.1. The summed E-state index contributed by atoms with van der Waals surface area (Å²) < 4.78 is 15.8. The number of hydrogen-bond acceptors (Lipinski definition) is 5. The lowest BCUT2D eigenvalue weighted by molar-refractivity contribution is -0.122. The lowest BCUT2D eigenvalue weighted by Gasteiger charge is -2.14. The van der Waals surface area contributed by atoms with Gasteiger partial charge in [-0.15, -0.1) is 0 Å². The van der Waals surface area contributed by atoms with Gasteiger partial charge in [0.2, 0.25) is 5.88 Å². The quantitative estimate of drug-likeness (QED) is 0.614. The highest BCUT2D eigenvalue weighted by molar-refractivity contribution is 5.87. The van der Waals surface area contributed by atoms with Gasteiger partial charge in [-0.25, -0.2) is 9.78 Å². The van der Waals surface area contributed by atoms with E-state index in [1.165, 1.54) is 0 Å². The summed E-state index contributed by atoms with van der Waals surface area (Å²) in [4.78, 5) is 15.4. The second kappa shape index (κ2) is 8.62. The van der Waals surface area contributed by atoms with Crippen molar-refractivity contribution in [1.82, 2.24) is 4.98 Å². The number of aromatic carboxylic acids is 1. The summed E-state index contributed by atoms with van der Waals surface area (Å²) in [5, 5.41) is 9.98. The summed E-state index contributed by atoms with van der Waals surface area (Å²) in [6.45, 7) is 0.260. The molecule has 0 aliphatic heterocycles. The minimum Gasteiger partial charge on any atom is -0.478 e. The van der Waals surface area contributed by atoms with E-state index in [2.05, 4.69) is 11.1 Å². The Kier molecular flexibility index (Phi) is 6.01. The topological polar surface area (TPSA) is 77.9 Å². The van der Waals surface area contributed by atoms with Gasteiger partial charge in [0.05, 0.1) is 11.1 Å². The van der Waals surface area contributed by atoms with Crippen LogP contribution in [0.1, 0.15) is 21.5 Å². The lowest BCUT2D eigenvalue weighted by Crippen LogP contribution is -2.22. The third kappa shape index (κ3) is 4.81. The number of methoxy groups -OCH3 is 2. The highest BCUT2D eigenvalue weighted by Crippen LogP contribution is 2.20. The van der Waals surface area contributed by atoms with E-state index in [1.54, 1.807) is 26.4 Å². The van der Waals surface area contributed by atoms with Crippen molar-refractivity contribution in [2.45, 2.75) is 12.7 Å². The van der Waals surface area contributed by atoms with Crippen LogP contribution < -0.4 is 4.74 Å². The molecule has 0 atom stereocenters. The number of carbonyl (C=O) groups is 1. The number of ether oxygens (including phenoxy) is 3. The monoisotopic (exact) mass is 367 g/mol. The van der Waals surface area contributed by atoms with Crippen molar-refractivity contribution in [3.63, 3.8) is 0 Å². The van der Waals surface area contributed by atoms with Gasteiger partial charge in [0.15, 0.2) is 6.29 Å². The van der Waals surface area contributed by atoms with Crippen LogP contribution in [0.25, 0.3) is 10.9 Å². The Labute approximate surface area is 157 Å². The molecule has 1 N–H and O–H groups in total. The summed E-state index contributed by atoms with van der Waals surface area (Å²) >= 11 is 0. The van der Waals surface area contributed by atoms with E-state index in [1.807, 2.05) is 36.4 Å². The zero-order valence-corrected chi connectivity index (χ0v) is 15.2. The predicted octanol–water partition coefficient (Wildman–Crippen LogP) is 3.52. The SMILES string of the molecule is COC(COc1ccc2cc(Cc3ccc(C(=O)O)cc3)ccc2n1)OC. The van der Waals surface area contributed by atoms with E-state index in [0.29, 0.717) is 5.88 Å². The first-order valence-electron chi connectivity index (χ1n) is 8.49. The Hall–Kier alpha value is -2.96. The van der Waals surface area contributed by atoms with Crippen molar-refractivity contribution < 1.29 is 24.1 Å². The van der Waals surface area contributed by atoms with E-state index in [4.69, 9.17) is 19.3 Å². The summed E-state index contributed by atoms with van der Waals surface area (Å²) in [5.41, 5.74) is 3.30. The molecule has 3 rings (SSSR count). The predicted molar refractivity (Wildman–Crippen MR) is 101 cm³/mol. The van der Waals surface area contributed by atoms with Gasteiger partial charge < -0.3 is 19.3 Å². The molecule has 1 aromatic heterocycles. The van der Waals surface area contributed by atoms with Crippen LogP contribution in [-0.2, 0) is 15.9 Å². The van der Waals surface area contributed by atoms with Gasteiger partial charge in [0.25, 0.3) is 0 Å². The molecule has 0 fully saturated rings. The van der Waals surface area contributed by atoms with Crippen LogP contribution in [0.3, 0.4) is 0 Å². The first kappa shape index (κ1) is 18.8. The number of nitrogens with zero attached hydrogens (tertiary/aromatic N) is 1. The number of hydrogen-bond donors (Lipinski definition) is 1. The highest BCUT2D eigenvalue weighted by Gasteiger charge is 2.08. The molecule has 6 nitrogen and oxygen atoms in total. The minimum atomic E-state index is -0.918. The zero-order valence-electron chi connectivity index (χ0n) is 15.2. The Morgan fingerprint density at radius 3 is 2.37 bits per heavy atom. The minimum absolute atomic E-state index is 0.260. The van der Waals surface area contributed by atoms with Gasteiger partial charge in [0.1, 0.15) is 6.61 Å². The van der Waals surface area contributed by atoms with Crippen molar-refractivity contribution in [2.75, 3.05) is 20.8 Å². The number of rotatable bonds is 8. The number of pyridine rings is 1. The summed E-state index contributed by atoms with van der Waals surface area (Å²) in [6.07, 6.45) is 0.287. The molecule has 0 unspecified atom stereocenters. The van der Waals surface area contributed by atoms with E-state index in [9.17, 15) is 4.79 Å². The van der Waals surface area contributed by atoms with Gasteiger partial charge in [-0.1, -0.05) is 18.2 Å². The number of carboxylic acid groups (broad SMARTS) is 1. The third-order valence-electron chi connectivity index (χ3n) is 4.23. The van der Waals surface area contributed by atoms with Crippen LogP contribution in [0.4, 0.5) is 0 Å². The molecule has 0 saturated heterocycles. The Morgan fingerprint density at radius 2 is 1.70 bits per heavy atom. The zero-order chi connectivity index (χ0) is 19.2. The van der Waals surface area contributed by atoms with Crippen LogP contribution in [0.15, 0.2) is 54.6 Å². The lowest BCUT2D eigenvalue weighted by atomic mass is 10.0. The normalized spacial score (nSPS) is 11.1. The summed E-state index contributed by atoms with van der Waals surface area (Å²) in [7, 11) is 3.12. The maximum atomic E-state index is 10.9. The maximum Gasteiger partial charge on any atom is 0.335 e. The average Bonchev–Trinajstić information content (AvgIpc) is 2.69. The molecule has 27 heavy (non-hydrogen) atoms. The standard InChI is InChI=1S/C21H21NO5/c1-25-20(26-2)13-27-19-10-8-17-12-15(5-9-18(17)22-19)11-14-3-6-16(7-4-14)21(23)24/h3-10,12,20H,11,13H2,1-2H3,(H,23,24). The molecule has 0 saturated carbocycles. The van der Waals surface area contributed by atoms with Gasteiger partial charge in [0, 0.05) is 25.7 Å². The second-order valence-corrected chi connectivity index (χ2v) is 6.07. The molecular formula is C21H21NO5. The molecule has 1 heterocycles. The van der Waals surface area contributed by atoms with E-state index >= 15 is 0 Å².